The SMILES string of the molecule is Cc1noc(C)c1S(=O)(=O)N1CCC[C@@H](C(=O)NCCCN2CCN(Cc3ccccc3)CC2)C1. The molecule has 2 aliphatic heterocycles. The molecule has 2 aliphatic rings. The summed E-state index contributed by atoms with van der Waals surface area (Å²) in [6, 6.07) is 10.6. The van der Waals surface area contributed by atoms with Crippen molar-refractivity contribution >= 4 is 15.9 Å². The summed E-state index contributed by atoms with van der Waals surface area (Å²) >= 11 is 0. The standard InChI is InChI=1S/C25H37N5O4S/c1-20-24(21(2)34-27-20)35(32,33)30-13-6-10-23(19-30)25(31)26-11-7-12-28-14-16-29(17-15-28)18-22-8-4-3-5-9-22/h3-5,8-9,23H,6-7,10-19H2,1-2H3,(H,26,31)/t23-/m1/s1. The van der Waals surface area contributed by atoms with E-state index in [4.69, 9.17) is 4.52 Å². The molecule has 2 aromatic rings. The summed E-state index contributed by atoms with van der Waals surface area (Å²) in [5, 5.41) is 6.81. The van der Waals surface area contributed by atoms with Crippen LogP contribution in [0.25, 0.3) is 0 Å². The maximum atomic E-state index is 13.1. The highest BCUT2D eigenvalue weighted by molar-refractivity contribution is 7.89. The smallest absolute Gasteiger partial charge is 0.248 e. The number of sulfonamides is 1. The average Bonchev–Trinajstić information content (AvgIpc) is 3.22. The molecule has 1 amide bonds. The zero-order valence-electron chi connectivity index (χ0n) is 20.8. The summed E-state index contributed by atoms with van der Waals surface area (Å²) in [7, 11) is -3.72. The molecular weight excluding hydrogens is 466 g/mol. The van der Waals surface area contributed by atoms with E-state index in [9.17, 15) is 13.2 Å². The second-order valence-electron chi connectivity index (χ2n) is 9.60. The van der Waals surface area contributed by atoms with E-state index in [2.05, 4.69) is 44.5 Å². The van der Waals surface area contributed by atoms with E-state index in [1.165, 1.54) is 9.87 Å². The van der Waals surface area contributed by atoms with Crippen LogP contribution in [0, 0.1) is 19.8 Å². The third-order valence-corrected chi connectivity index (χ3v) is 9.10. The number of piperidine rings is 1. The first-order chi connectivity index (χ1) is 16.8. The number of rotatable bonds is 9. The van der Waals surface area contributed by atoms with Crippen LogP contribution in [0.2, 0.25) is 0 Å². The molecule has 2 saturated heterocycles. The molecule has 0 saturated carbocycles. The van der Waals surface area contributed by atoms with Gasteiger partial charge in [-0.1, -0.05) is 35.5 Å². The van der Waals surface area contributed by atoms with Crippen molar-refractivity contribution in [1.29, 1.82) is 0 Å². The van der Waals surface area contributed by atoms with Gasteiger partial charge >= 0.3 is 0 Å². The van der Waals surface area contributed by atoms with Crippen molar-refractivity contribution in [3.8, 4) is 0 Å². The summed E-state index contributed by atoms with van der Waals surface area (Å²) in [6.45, 7) is 10.6. The lowest BCUT2D eigenvalue weighted by Crippen LogP contribution is -2.47. The molecule has 3 heterocycles. The van der Waals surface area contributed by atoms with Crippen LogP contribution in [0.15, 0.2) is 39.8 Å². The third kappa shape index (κ3) is 6.49. The normalized spacial score (nSPS) is 20.7. The minimum atomic E-state index is -3.72. The minimum Gasteiger partial charge on any atom is -0.360 e. The van der Waals surface area contributed by atoms with E-state index in [0.717, 1.165) is 45.7 Å². The topological polar surface area (TPSA) is 99.0 Å². The lowest BCUT2D eigenvalue weighted by molar-refractivity contribution is -0.126. The Morgan fingerprint density at radius 1 is 1.09 bits per heavy atom. The molecule has 1 N–H and O–H groups in total. The quantitative estimate of drug-likeness (QED) is 0.523. The van der Waals surface area contributed by atoms with Crippen LogP contribution in [-0.4, -0.2) is 85.9 Å². The van der Waals surface area contributed by atoms with Crippen molar-refractivity contribution < 1.29 is 17.7 Å². The van der Waals surface area contributed by atoms with E-state index in [0.29, 0.717) is 31.6 Å². The number of piperazine rings is 1. The predicted molar refractivity (Wildman–Crippen MR) is 133 cm³/mol. The highest BCUT2D eigenvalue weighted by Crippen LogP contribution is 2.27. The molecule has 0 radical (unpaired) electrons. The van der Waals surface area contributed by atoms with E-state index in [1.54, 1.807) is 13.8 Å². The Kier molecular flexibility index (Phi) is 8.59. The molecule has 10 heteroatoms. The highest BCUT2D eigenvalue weighted by atomic mass is 32.2. The Morgan fingerprint density at radius 2 is 1.80 bits per heavy atom. The molecule has 1 aromatic heterocycles. The van der Waals surface area contributed by atoms with Gasteiger partial charge in [0.1, 0.15) is 10.6 Å². The lowest BCUT2D eigenvalue weighted by Gasteiger charge is -2.34. The third-order valence-electron chi connectivity index (χ3n) is 6.98. The van der Waals surface area contributed by atoms with Crippen LogP contribution >= 0.6 is 0 Å². The van der Waals surface area contributed by atoms with Gasteiger partial charge in [-0.15, -0.1) is 0 Å². The van der Waals surface area contributed by atoms with E-state index >= 15 is 0 Å². The number of aromatic nitrogens is 1. The largest absolute Gasteiger partial charge is 0.360 e. The molecule has 4 rings (SSSR count). The van der Waals surface area contributed by atoms with Crippen LogP contribution in [0.5, 0.6) is 0 Å². The number of nitrogens with zero attached hydrogens (tertiary/aromatic N) is 4. The van der Waals surface area contributed by atoms with E-state index in [1.807, 2.05) is 6.07 Å². The minimum absolute atomic E-state index is 0.0589. The summed E-state index contributed by atoms with van der Waals surface area (Å²) < 4.78 is 32.7. The molecular formula is C25H37N5O4S. The fraction of sp³-hybridized carbons (Fsp3) is 0.600. The van der Waals surface area contributed by atoms with E-state index in [-0.39, 0.29) is 29.0 Å². The van der Waals surface area contributed by atoms with Gasteiger partial charge < -0.3 is 14.7 Å². The fourth-order valence-electron chi connectivity index (χ4n) is 5.02. The molecule has 1 atom stereocenters. The number of aryl methyl sites for hydroxylation is 2. The van der Waals surface area contributed by atoms with Gasteiger partial charge in [-0.2, -0.15) is 4.31 Å². The number of amides is 1. The van der Waals surface area contributed by atoms with Gasteiger partial charge in [-0.25, -0.2) is 8.42 Å². The van der Waals surface area contributed by atoms with Crippen molar-refractivity contribution in [3.63, 3.8) is 0 Å². The second-order valence-corrected chi connectivity index (χ2v) is 11.5. The molecule has 192 valence electrons. The molecule has 0 unspecified atom stereocenters. The van der Waals surface area contributed by atoms with Crippen LogP contribution in [0.4, 0.5) is 0 Å². The van der Waals surface area contributed by atoms with Crippen molar-refractivity contribution in [1.82, 2.24) is 24.6 Å². The Hall–Kier alpha value is -2.27. The molecule has 0 bridgehead atoms. The van der Waals surface area contributed by atoms with Crippen LogP contribution in [-0.2, 0) is 21.4 Å². The Labute approximate surface area is 208 Å². The molecule has 0 spiro atoms. The molecule has 35 heavy (non-hydrogen) atoms. The zero-order valence-corrected chi connectivity index (χ0v) is 21.6. The summed E-state index contributed by atoms with van der Waals surface area (Å²) in [5.74, 6) is -0.105. The number of carbonyl (C=O) groups excluding carboxylic acids is 1. The van der Waals surface area contributed by atoms with Crippen LogP contribution < -0.4 is 5.32 Å². The van der Waals surface area contributed by atoms with Crippen molar-refractivity contribution in [3.05, 3.63) is 47.3 Å². The van der Waals surface area contributed by atoms with Crippen molar-refractivity contribution in [2.75, 3.05) is 52.4 Å². The summed E-state index contributed by atoms with van der Waals surface area (Å²) in [6.07, 6.45) is 2.25. The van der Waals surface area contributed by atoms with Gasteiger partial charge in [0.2, 0.25) is 15.9 Å². The molecule has 0 aliphatic carbocycles. The van der Waals surface area contributed by atoms with Gasteiger partial charge in [0.05, 0.1) is 5.92 Å². The fourth-order valence-corrected chi connectivity index (χ4v) is 6.83. The van der Waals surface area contributed by atoms with Crippen molar-refractivity contribution in [2.45, 2.75) is 44.6 Å². The first-order valence-corrected chi connectivity index (χ1v) is 14.0. The van der Waals surface area contributed by atoms with Crippen molar-refractivity contribution in [2.24, 2.45) is 5.92 Å². The second kappa shape index (κ2) is 11.6. The lowest BCUT2D eigenvalue weighted by atomic mass is 9.99. The predicted octanol–water partition coefficient (Wildman–Crippen LogP) is 2.02. The Bertz CT molecular complexity index is 1060. The number of hydrogen-bond acceptors (Lipinski definition) is 7. The highest BCUT2D eigenvalue weighted by Gasteiger charge is 2.36. The van der Waals surface area contributed by atoms with Gasteiger partial charge in [0.25, 0.3) is 0 Å². The molecule has 9 nitrogen and oxygen atoms in total. The molecule has 1 aromatic carbocycles. The maximum Gasteiger partial charge on any atom is 0.248 e. The van der Waals surface area contributed by atoms with Gasteiger partial charge in [-0.05, 0) is 45.2 Å². The number of hydrogen-bond donors (Lipinski definition) is 1. The maximum absolute atomic E-state index is 13.1. The number of carbonyl (C=O) groups is 1. The summed E-state index contributed by atoms with van der Waals surface area (Å²) in [4.78, 5) is 17.8. The zero-order chi connectivity index (χ0) is 24.8. The average molecular weight is 504 g/mol. The van der Waals surface area contributed by atoms with Gasteiger partial charge in [-0.3, -0.25) is 9.69 Å². The monoisotopic (exact) mass is 503 g/mol. The Morgan fingerprint density at radius 3 is 2.49 bits per heavy atom. The van der Waals surface area contributed by atoms with Crippen LogP contribution in [0.3, 0.4) is 0 Å². The first kappa shape index (κ1) is 25.8. The number of benzene rings is 1. The number of nitrogens with one attached hydrogen (secondary N) is 1. The van der Waals surface area contributed by atoms with E-state index < -0.39 is 10.0 Å². The van der Waals surface area contributed by atoms with Gasteiger partial charge in [0.15, 0.2) is 5.76 Å². The summed E-state index contributed by atoms with van der Waals surface area (Å²) in [5.41, 5.74) is 1.71. The van der Waals surface area contributed by atoms with Crippen LogP contribution in [0.1, 0.15) is 36.3 Å². The Balaban J connectivity index is 1.17. The molecule has 2 fully saturated rings. The first-order valence-electron chi connectivity index (χ1n) is 12.5. The van der Waals surface area contributed by atoms with Gasteiger partial charge in [0, 0.05) is 52.4 Å².